The van der Waals surface area contributed by atoms with Crippen molar-refractivity contribution in [3.05, 3.63) is 102 Å². The highest BCUT2D eigenvalue weighted by molar-refractivity contribution is 5.86. The number of aromatic amines is 2. The minimum absolute atomic E-state index is 0.117. The van der Waals surface area contributed by atoms with Crippen molar-refractivity contribution in [2.75, 3.05) is 0 Å². The van der Waals surface area contributed by atoms with E-state index in [2.05, 4.69) is 20.3 Å². The van der Waals surface area contributed by atoms with Gasteiger partial charge >= 0.3 is 0 Å². The first-order chi connectivity index (χ1) is 18.5. The summed E-state index contributed by atoms with van der Waals surface area (Å²) in [5.74, 6) is 1.74. The maximum absolute atomic E-state index is 11.6. The van der Waals surface area contributed by atoms with Crippen LogP contribution in [0, 0.1) is 0 Å². The fraction of sp³-hybridized carbons (Fsp3) is 0.167. The van der Waals surface area contributed by atoms with Crippen LogP contribution in [0.1, 0.15) is 41.8 Å². The van der Waals surface area contributed by atoms with Crippen molar-refractivity contribution < 1.29 is 19.4 Å². The van der Waals surface area contributed by atoms with Gasteiger partial charge in [0.15, 0.2) is 0 Å². The molecule has 0 saturated carbocycles. The molecule has 4 N–H and O–H groups in total. The van der Waals surface area contributed by atoms with E-state index in [4.69, 9.17) is 4.74 Å². The van der Waals surface area contributed by atoms with Crippen LogP contribution < -0.4 is 10.1 Å². The molecule has 0 aliphatic rings. The zero-order chi connectivity index (χ0) is 26.5. The van der Waals surface area contributed by atoms with Gasteiger partial charge < -0.3 is 29.9 Å². The van der Waals surface area contributed by atoms with Crippen molar-refractivity contribution in [2.45, 2.75) is 32.4 Å². The van der Waals surface area contributed by atoms with Gasteiger partial charge in [-0.2, -0.15) is 0 Å². The summed E-state index contributed by atoms with van der Waals surface area (Å²) in [7, 11) is 0. The number of amides is 1. The van der Waals surface area contributed by atoms with E-state index in [1.807, 2.05) is 72.9 Å². The topological polar surface area (TPSA) is 120 Å². The minimum Gasteiger partial charge on any atom is -0.457 e. The van der Waals surface area contributed by atoms with Crippen molar-refractivity contribution in [3.63, 3.8) is 0 Å². The lowest BCUT2D eigenvalue weighted by Gasteiger charge is -2.13. The number of rotatable bonds is 10. The van der Waals surface area contributed by atoms with Crippen molar-refractivity contribution >= 4 is 23.1 Å². The van der Waals surface area contributed by atoms with E-state index in [-0.39, 0.29) is 5.91 Å². The van der Waals surface area contributed by atoms with Gasteiger partial charge in [0.25, 0.3) is 0 Å². The molecular formula is C30H28N4O4. The highest BCUT2D eigenvalue weighted by Gasteiger charge is 2.16. The normalized spacial score (nSPS) is 11.8. The molecule has 0 spiro atoms. The number of imidazole rings is 1. The lowest BCUT2D eigenvalue weighted by atomic mass is 10.0. The number of aldehydes is 1. The summed E-state index contributed by atoms with van der Waals surface area (Å²) in [6.45, 7) is 1.83. The number of aliphatic hydroxyl groups excluding tert-OH is 1. The first-order valence-electron chi connectivity index (χ1n) is 12.4. The van der Waals surface area contributed by atoms with Crippen LogP contribution in [0.3, 0.4) is 0 Å². The second kappa shape index (κ2) is 11.1. The highest BCUT2D eigenvalue weighted by atomic mass is 16.5. The third-order valence-corrected chi connectivity index (χ3v) is 6.36. The predicted molar refractivity (Wildman–Crippen MR) is 145 cm³/mol. The molecule has 0 fully saturated rings. The average Bonchev–Trinajstić information content (AvgIpc) is 3.61. The third-order valence-electron chi connectivity index (χ3n) is 6.36. The van der Waals surface area contributed by atoms with Gasteiger partial charge in [-0.15, -0.1) is 0 Å². The molecule has 0 bridgehead atoms. The van der Waals surface area contributed by atoms with Crippen LogP contribution in [0.15, 0.2) is 79.1 Å². The number of hydrogen-bond donors (Lipinski definition) is 4. The Kier molecular flexibility index (Phi) is 7.33. The van der Waals surface area contributed by atoms with Gasteiger partial charge in [0.05, 0.1) is 11.9 Å². The Balaban J connectivity index is 1.37. The van der Waals surface area contributed by atoms with Gasteiger partial charge in [-0.3, -0.25) is 4.79 Å². The molecule has 0 aliphatic heterocycles. The molecule has 1 atom stereocenters. The summed E-state index contributed by atoms with van der Waals surface area (Å²) in [6, 6.07) is 20.9. The minimum atomic E-state index is -0.878. The van der Waals surface area contributed by atoms with Crippen molar-refractivity contribution in [2.24, 2.45) is 0 Å². The number of ether oxygens (including phenoxy) is 1. The maximum Gasteiger partial charge on any atom is 0.217 e. The number of aromatic nitrogens is 3. The highest BCUT2D eigenvalue weighted by Crippen LogP contribution is 2.33. The fourth-order valence-corrected chi connectivity index (χ4v) is 4.45. The number of nitrogens with one attached hydrogen (secondary N) is 3. The molecule has 2 heterocycles. The second-order valence-corrected chi connectivity index (χ2v) is 9.06. The van der Waals surface area contributed by atoms with Crippen LogP contribution >= 0.6 is 0 Å². The Labute approximate surface area is 219 Å². The van der Waals surface area contributed by atoms with E-state index in [1.54, 1.807) is 6.20 Å². The van der Waals surface area contributed by atoms with Crippen LogP contribution in [-0.2, 0) is 22.6 Å². The van der Waals surface area contributed by atoms with Gasteiger partial charge in [-0.05, 0) is 47.9 Å². The van der Waals surface area contributed by atoms with E-state index in [1.165, 1.54) is 6.92 Å². The Morgan fingerprint density at radius 3 is 2.84 bits per heavy atom. The summed E-state index contributed by atoms with van der Waals surface area (Å²) >= 11 is 0. The maximum atomic E-state index is 11.6. The molecule has 8 heteroatoms. The number of carbonyl (C=O) groups is 2. The molecule has 5 rings (SSSR count). The molecule has 8 nitrogen and oxygen atoms in total. The van der Waals surface area contributed by atoms with E-state index in [0.717, 1.165) is 39.4 Å². The molecule has 38 heavy (non-hydrogen) atoms. The van der Waals surface area contributed by atoms with Crippen LogP contribution in [0.5, 0.6) is 11.5 Å². The molecule has 1 amide bonds. The Morgan fingerprint density at radius 1 is 1.13 bits per heavy atom. The predicted octanol–water partition coefficient (Wildman–Crippen LogP) is 5.20. The number of aryl methyl sites for hydroxylation is 1. The SMILES string of the molecule is CC(=O)NCc1c(Oc2cccc(-c3ncc(C(O)c4cccc(CCC=O)c4)[nH]3)c2)ccc2[nH]ccc12. The standard InChI is InChI=1S/C30H28N4O4/c1-19(36)32-17-25-24-12-13-31-26(24)10-11-28(25)38-23-9-3-8-22(16-23)30-33-18-27(34-30)29(37)21-7-2-5-20(15-21)6-4-14-35/h2-3,5,7-16,18,29,31,37H,4,6,17H2,1H3,(H,32,36)(H,33,34). The number of nitrogens with zero attached hydrogens (tertiary/aromatic N) is 1. The molecule has 0 radical (unpaired) electrons. The molecule has 1 unspecified atom stereocenters. The van der Waals surface area contributed by atoms with Crippen molar-refractivity contribution in [1.82, 2.24) is 20.3 Å². The van der Waals surface area contributed by atoms with Gasteiger partial charge in [-0.1, -0.05) is 36.4 Å². The lowest BCUT2D eigenvalue weighted by molar-refractivity contribution is -0.119. The molecule has 192 valence electrons. The number of benzene rings is 3. The summed E-state index contributed by atoms with van der Waals surface area (Å²) in [4.78, 5) is 33.2. The van der Waals surface area contributed by atoms with Crippen LogP contribution in [-0.4, -0.2) is 32.3 Å². The second-order valence-electron chi connectivity index (χ2n) is 9.06. The van der Waals surface area contributed by atoms with E-state index in [0.29, 0.717) is 42.4 Å². The summed E-state index contributed by atoms with van der Waals surface area (Å²) in [6.07, 6.45) is 4.57. The lowest BCUT2D eigenvalue weighted by Crippen LogP contribution is -2.19. The monoisotopic (exact) mass is 508 g/mol. The summed E-state index contributed by atoms with van der Waals surface area (Å²) in [5, 5.41) is 14.8. The molecule has 5 aromatic rings. The molecule has 0 saturated heterocycles. The Hall–Kier alpha value is -4.69. The van der Waals surface area contributed by atoms with Gasteiger partial charge in [0.1, 0.15) is 29.7 Å². The van der Waals surface area contributed by atoms with E-state index >= 15 is 0 Å². The molecule has 2 aromatic heterocycles. The largest absolute Gasteiger partial charge is 0.457 e. The summed E-state index contributed by atoms with van der Waals surface area (Å²) < 4.78 is 6.27. The first-order valence-corrected chi connectivity index (χ1v) is 12.4. The first kappa shape index (κ1) is 25.0. The zero-order valence-corrected chi connectivity index (χ0v) is 20.9. The van der Waals surface area contributed by atoms with Crippen LogP contribution in [0.4, 0.5) is 0 Å². The molecule has 0 aliphatic carbocycles. The van der Waals surface area contributed by atoms with Gasteiger partial charge in [0.2, 0.25) is 5.91 Å². The smallest absolute Gasteiger partial charge is 0.217 e. The zero-order valence-electron chi connectivity index (χ0n) is 20.9. The van der Waals surface area contributed by atoms with Gasteiger partial charge in [0, 0.05) is 48.1 Å². The number of fused-ring (bicyclic) bond motifs is 1. The van der Waals surface area contributed by atoms with Crippen molar-refractivity contribution in [1.29, 1.82) is 0 Å². The Morgan fingerprint density at radius 2 is 2.00 bits per heavy atom. The van der Waals surface area contributed by atoms with E-state index in [9.17, 15) is 14.7 Å². The number of H-pyrrole nitrogens is 2. The third kappa shape index (κ3) is 5.50. The van der Waals surface area contributed by atoms with Crippen molar-refractivity contribution in [3.8, 4) is 22.9 Å². The Bertz CT molecular complexity index is 1590. The quantitative estimate of drug-likeness (QED) is 0.193. The number of hydrogen-bond acceptors (Lipinski definition) is 5. The average molecular weight is 509 g/mol. The van der Waals surface area contributed by atoms with E-state index < -0.39 is 6.10 Å². The number of carbonyl (C=O) groups excluding carboxylic acids is 2. The fourth-order valence-electron chi connectivity index (χ4n) is 4.45. The molecule has 3 aromatic carbocycles. The number of aliphatic hydroxyl groups is 1. The molecular weight excluding hydrogens is 480 g/mol. The van der Waals surface area contributed by atoms with Crippen LogP contribution in [0.25, 0.3) is 22.3 Å². The summed E-state index contributed by atoms with van der Waals surface area (Å²) in [5.41, 5.74) is 4.92. The van der Waals surface area contributed by atoms with Gasteiger partial charge in [-0.25, -0.2) is 4.98 Å². The van der Waals surface area contributed by atoms with Crippen LogP contribution in [0.2, 0.25) is 0 Å².